The van der Waals surface area contributed by atoms with Gasteiger partial charge in [-0.15, -0.1) is 5.10 Å². The number of aryl methyl sites for hydroxylation is 2. The molecule has 0 radical (unpaired) electrons. The molecule has 0 atom stereocenters. The third-order valence-electron chi connectivity index (χ3n) is 4.98. The van der Waals surface area contributed by atoms with E-state index in [2.05, 4.69) is 10.3 Å². The number of benzene rings is 3. The lowest BCUT2D eigenvalue weighted by Gasteiger charge is -2.02. The molecule has 1 heterocycles. The number of halogens is 1. The zero-order chi connectivity index (χ0) is 21.5. The molecule has 0 bridgehead atoms. The number of carbonyl (C=O) groups excluding carboxylic acids is 1. The lowest BCUT2D eigenvalue weighted by molar-refractivity contribution is 0.104. The quantitative estimate of drug-likeness (QED) is 0.269. The molecule has 0 spiro atoms. The van der Waals surface area contributed by atoms with Gasteiger partial charge in [-0.2, -0.15) is 0 Å². The van der Waals surface area contributed by atoms with Gasteiger partial charge in [0.1, 0.15) is 0 Å². The molecule has 4 rings (SSSR count). The summed E-state index contributed by atoms with van der Waals surface area (Å²) >= 11 is 5.93. The van der Waals surface area contributed by atoms with Gasteiger partial charge in [-0.3, -0.25) is 4.79 Å². The number of ketones is 1. The Morgan fingerprint density at radius 2 is 1.58 bits per heavy atom. The second-order valence-corrected chi connectivity index (χ2v) is 7.78. The molecule has 3 aromatic carbocycles. The van der Waals surface area contributed by atoms with Gasteiger partial charge in [0.2, 0.25) is 0 Å². The van der Waals surface area contributed by atoms with Crippen LogP contribution in [0.2, 0.25) is 5.02 Å². The average molecular weight is 428 g/mol. The summed E-state index contributed by atoms with van der Waals surface area (Å²) < 4.78 is 1.83. The summed E-state index contributed by atoms with van der Waals surface area (Å²) in [5.41, 5.74) is 4.93. The van der Waals surface area contributed by atoms with Crippen molar-refractivity contribution in [3.05, 3.63) is 124 Å². The summed E-state index contributed by atoms with van der Waals surface area (Å²) in [5.74, 6) is 0.000505. The van der Waals surface area contributed by atoms with E-state index < -0.39 is 0 Å². The summed E-state index contributed by atoms with van der Waals surface area (Å²) in [4.78, 5) is 12.4. The Hall–Kier alpha value is -3.50. The molecule has 0 saturated carbocycles. The van der Waals surface area contributed by atoms with Crippen LogP contribution in [0.4, 0.5) is 0 Å². The number of hydrogen-bond donors (Lipinski definition) is 0. The summed E-state index contributed by atoms with van der Waals surface area (Å²) in [6.07, 6.45) is 7.06. The van der Waals surface area contributed by atoms with Crippen LogP contribution in [0.1, 0.15) is 32.7 Å². The van der Waals surface area contributed by atoms with E-state index in [1.54, 1.807) is 6.08 Å². The fraction of sp³-hybridized carbons (Fsp3) is 0.115. The maximum absolute atomic E-state index is 12.4. The maximum Gasteiger partial charge on any atom is 0.185 e. The monoisotopic (exact) mass is 427 g/mol. The van der Waals surface area contributed by atoms with Crippen LogP contribution in [0.5, 0.6) is 0 Å². The van der Waals surface area contributed by atoms with Crippen molar-refractivity contribution < 1.29 is 4.79 Å². The van der Waals surface area contributed by atoms with E-state index in [9.17, 15) is 4.79 Å². The van der Waals surface area contributed by atoms with Crippen LogP contribution in [0, 0.1) is 0 Å². The molecule has 0 aliphatic heterocycles. The standard InChI is InChI=1S/C26H22ClN3O/c27-24-14-8-22(9-15-24)18-30-19-25(28-29-30)16-10-21-6-12-23(13-7-21)26(31)17-11-20-4-2-1-3-5-20/h1-9,11-15,17,19H,10,16,18H2/b17-11+. The number of carbonyl (C=O) groups is 1. The van der Waals surface area contributed by atoms with E-state index in [0.29, 0.717) is 12.1 Å². The van der Waals surface area contributed by atoms with Gasteiger partial charge >= 0.3 is 0 Å². The normalized spacial score (nSPS) is 11.1. The first-order valence-electron chi connectivity index (χ1n) is 10.2. The second-order valence-electron chi connectivity index (χ2n) is 7.34. The molecule has 0 amide bonds. The summed E-state index contributed by atoms with van der Waals surface area (Å²) in [6.45, 7) is 0.664. The molecule has 0 aliphatic rings. The molecule has 1 aromatic heterocycles. The van der Waals surface area contributed by atoms with E-state index in [1.165, 1.54) is 0 Å². The van der Waals surface area contributed by atoms with Crippen LogP contribution in [-0.2, 0) is 19.4 Å². The third kappa shape index (κ3) is 6.00. The van der Waals surface area contributed by atoms with E-state index in [0.717, 1.165) is 40.2 Å². The fourth-order valence-corrected chi connectivity index (χ4v) is 3.37. The van der Waals surface area contributed by atoms with E-state index in [-0.39, 0.29) is 5.78 Å². The third-order valence-corrected chi connectivity index (χ3v) is 5.23. The zero-order valence-corrected chi connectivity index (χ0v) is 17.7. The van der Waals surface area contributed by atoms with Gasteiger partial charge in [0, 0.05) is 16.8 Å². The van der Waals surface area contributed by atoms with Gasteiger partial charge in [-0.05, 0) is 47.7 Å². The topological polar surface area (TPSA) is 47.8 Å². The number of rotatable bonds is 8. The smallest absolute Gasteiger partial charge is 0.185 e. The number of hydrogen-bond acceptors (Lipinski definition) is 3. The molecular weight excluding hydrogens is 406 g/mol. The Morgan fingerprint density at radius 3 is 2.32 bits per heavy atom. The molecule has 0 fully saturated rings. The predicted octanol–water partition coefficient (Wildman–Crippen LogP) is 5.66. The first-order chi connectivity index (χ1) is 15.2. The van der Waals surface area contributed by atoms with Crippen molar-refractivity contribution >= 4 is 23.5 Å². The first-order valence-corrected chi connectivity index (χ1v) is 10.5. The molecule has 4 aromatic rings. The van der Waals surface area contributed by atoms with Crippen molar-refractivity contribution in [1.82, 2.24) is 15.0 Å². The van der Waals surface area contributed by atoms with Crippen molar-refractivity contribution in [2.24, 2.45) is 0 Å². The molecule has 0 aliphatic carbocycles. The van der Waals surface area contributed by atoms with E-state index in [1.807, 2.05) is 95.8 Å². The van der Waals surface area contributed by atoms with Crippen molar-refractivity contribution in [1.29, 1.82) is 0 Å². The van der Waals surface area contributed by atoms with Crippen molar-refractivity contribution in [3.8, 4) is 0 Å². The molecule has 0 saturated heterocycles. The van der Waals surface area contributed by atoms with E-state index in [4.69, 9.17) is 11.6 Å². The van der Waals surface area contributed by atoms with Crippen LogP contribution >= 0.6 is 11.6 Å². The molecule has 0 N–H and O–H groups in total. The van der Waals surface area contributed by atoms with Crippen LogP contribution in [0.15, 0.2) is 91.1 Å². The van der Waals surface area contributed by atoms with Gasteiger partial charge in [0.05, 0.1) is 12.2 Å². The lowest BCUT2D eigenvalue weighted by atomic mass is 10.0. The maximum atomic E-state index is 12.4. The zero-order valence-electron chi connectivity index (χ0n) is 17.0. The van der Waals surface area contributed by atoms with Crippen LogP contribution in [-0.4, -0.2) is 20.8 Å². The van der Waals surface area contributed by atoms with Gasteiger partial charge < -0.3 is 0 Å². The van der Waals surface area contributed by atoms with Crippen LogP contribution < -0.4 is 0 Å². The molecule has 31 heavy (non-hydrogen) atoms. The predicted molar refractivity (Wildman–Crippen MR) is 124 cm³/mol. The molecule has 5 heteroatoms. The van der Waals surface area contributed by atoms with Crippen LogP contribution in [0.25, 0.3) is 6.08 Å². The van der Waals surface area contributed by atoms with Gasteiger partial charge in [-0.1, -0.05) is 89.6 Å². The molecule has 154 valence electrons. The second kappa shape index (κ2) is 10.0. The van der Waals surface area contributed by atoms with Crippen molar-refractivity contribution in [3.63, 3.8) is 0 Å². The summed E-state index contributed by atoms with van der Waals surface area (Å²) in [6, 6.07) is 25.3. The summed E-state index contributed by atoms with van der Waals surface area (Å²) in [7, 11) is 0. The Labute approximate surface area is 186 Å². The number of allylic oxidation sites excluding steroid dienone is 1. The lowest BCUT2D eigenvalue weighted by Crippen LogP contribution is -2.00. The van der Waals surface area contributed by atoms with Crippen molar-refractivity contribution in [2.45, 2.75) is 19.4 Å². The minimum Gasteiger partial charge on any atom is -0.289 e. The van der Waals surface area contributed by atoms with Gasteiger partial charge in [-0.25, -0.2) is 4.68 Å². The first kappa shape index (κ1) is 20.8. The van der Waals surface area contributed by atoms with Crippen LogP contribution in [0.3, 0.4) is 0 Å². The SMILES string of the molecule is O=C(/C=C/c1ccccc1)c1ccc(CCc2cn(Cc3ccc(Cl)cc3)nn2)cc1. The molecule has 0 unspecified atom stereocenters. The van der Waals surface area contributed by atoms with Gasteiger partial charge in [0.25, 0.3) is 0 Å². The Kier molecular flexibility index (Phi) is 6.70. The minimum absolute atomic E-state index is 0.000505. The highest BCUT2D eigenvalue weighted by atomic mass is 35.5. The highest BCUT2D eigenvalue weighted by Crippen LogP contribution is 2.12. The fourth-order valence-electron chi connectivity index (χ4n) is 3.25. The Balaban J connectivity index is 1.30. The van der Waals surface area contributed by atoms with E-state index >= 15 is 0 Å². The largest absolute Gasteiger partial charge is 0.289 e. The minimum atomic E-state index is 0.000505. The number of nitrogens with zero attached hydrogens (tertiary/aromatic N) is 3. The highest BCUT2D eigenvalue weighted by molar-refractivity contribution is 6.30. The number of aromatic nitrogens is 3. The molecule has 4 nitrogen and oxygen atoms in total. The Bertz CT molecular complexity index is 1160. The Morgan fingerprint density at radius 1 is 0.871 bits per heavy atom. The van der Waals surface area contributed by atoms with Crippen molar-refractivity contribution in [2.75, 3.05) is 0 Å². The average Bonchev–Trinajstić information content (AvgIpc) is 3.26. The molecular formula is C26H22ClN3O. The van der Waals surface area contributed by atoms with Gasteiger partial charge in [0.15, 0.2) is 5.78 Å². The summed E-state index contributed by atoms with van der Waals surface area (Å²) in [5, 5.41) is 9.20. The highest BCUT2D eigenvalue weighted by Gasteiger charge is 2.05.